The molecule has 1 saturated heterocycles. The van der Waals surface area contributed by atoms with Crippen LogP contribution in [0, 0.1) is 6.57 Å². The molecule has 7 heteroatoms. The lowest BCUT2D eigenvalue weighted by Gasteiger charge is -2.38. The first-order valence-electron chi connectivity index (χ1n) is 11.4. The molecule has 1 fully saturated rings. The molecule has 0 spiro atoms. The Morgan fingerprint density at radius 2 is 1.86 bits per heavy atom. The number of likely N-dealkylation sites (tertiary alicyclic amines) is 1. The van der Waals surface area contributed by atoms with E-state index in [1.165, 1.54) is 12.8 Å². The fourth-order valence-electron chi connectivity index (χ4n) is 3.94. The van der Waals surface area contributed by atoms with E-state index in [-0.39, 0.29) is 30.3 Å². The van der Waals surface area contributed by atoms with E-state index < -0.39 is 8.53 Å². The summed E-state index contributed by atoms with van der Waals surface area (Å²) >= 11 is 0. The van der Waals surface area contributed by atoms with Gasteiger partial charge in [0.15, 0.2) is 0 Å². The lowest BCUT2D eigenvalue weighted by atomic mass is 10.1. The summed E-state index contributed by atoms with van der Waals surface area (Å²) in [7, 11) is -1.32. The van der Waals surface area contributed by atoms with Crippen LogP contribution in [0.2, 0.25) is 0 Å². The van der Waals surface area contributed by atoms with E-state index in [4.69, 9.17) is 15.6 Å². The van der Waals surface area contributed by atoms with Gasteiger partial charge >= 0.3 is 0 Å². The molecule has 0 radical (unpaired) electrons. The number of hydrogen-bond donors (Lipinski definition) is 0. The third-order valence-corrected chi connectivity index (χ3v) is 7.45. The van der Waals surface area contributed by atoms with Crippen LogP contribution in [0.15, 0.2) is 0 Å². The van der Waals surface area contributed by atoms with Crippen molar-refractivity contribution in [3.05, 3.63) is 11.4 Å². The molecule has 0 aliphatic carbocycles. The second kappa shape index (κ2) is 14.3. The van der Waals surface area contributed by atoms with Crippen LogP contribution >= 0.6 is 8.53 Å². The number of rotatable bonds is 14. The Hall–Kier alpha value is -0.730. The Labute approximate surface area is 180 Å². The normalized spacial score (nSPS) is 20.6. The van der Waals surface area contributed by atoms with Crippen molar-refractivity contribution in [2.45, 2.75) is 117 Å². The second-order valence-electron chi connectivity index (χ2n) is 8.33. The highest BCUT2D eigenvalue weighted by Crippen LogP contribution is 2.49. The smallest absolute Gasteiger partial charge is 0.261 e. The largest absolute Gasteiger partial charge is 0.314 e. The molecule has 0 aromatic heterocycles. The maximum Gasteiger partial charge on any atom is 0.261 e. The number of nitrogens with zero attached hydrogens (tertiary/aromatic N) is 3. The molecule has 29 heavy (non-hydrogen) atoms. The summed E-state index contributed by atoms with van der Waals surface area (Å²) in [5.74, 6) is 0.215. The predicted molar refractivity (Wildman–Crippen MR) is 120 cm³/mol. The monoisotopic (exact) mass is 427 g/mol. The van der Waals surface area contributed by atoms with Crippen LogP contribution in [0.25, 0.3) is 4.85 Å². The van der Waals surface area contributed by atoms with Crippen LogP contribution in [0.5, 0.6) is 0 Å². The molecule has 0 aromatic carbocycles. The van der Waals surface area contributed by atoms with E-state index in [9.17, 15) is 4.79 Å². The molecular formula is C22H42N3O3P. The maximum atomic E-state index is 13.0. The Balaban J connectivity index is 2.89. The van der Waals surface area contributed by atoms with Gasteiger partial charge in [-0.05, 0) is 53.4 Å². The van der Waals surface area contributed by atoms with Gasteiger partial charge in [-0.2, -0.15) is 0 Å². The summed E-state index contributed by atoms with van der Waals surface area (Å²) in [5.41, 5.74) is 0. The minimum Gasteiger partial charge on any atom is -0.314 e. The number of unbranched alkanes of at least 4 members (excludes halogenated alkanes) is 3. The van der Waals surface area contributed by atoms with Crippen molar-refractivity contribution in [3.63, 3.8) is 0 Å². The van der Waals surface area contributed by atoms with Gasteiger partial charge in [0, 0.05) is 24.5 Å². The highest BCUT2D eigenvalue weighted by Gasteiger charge is 2.40. The Morgan fingerprint density at radius 1 is 1.17 bits per heavy atom. The van der Waals surface area contributed by atoms with E-state index in [2.05, 4.69) is 51.1 Å². The number of hydrogen-bond acceptors (Lipinski definition) is 4. The van der Waals surface area contributed by atoms with Crippen LogP contribution in [0.1, 0.15) is 92.9 Å². The number of carbonyl (C=O) groups is 1. The van der Waals surface area contributed by atoms with E-state index in [0.29, 0.717) is 19.6 Å². The Morgan fingerprint density at radius 3 is 2.41 bits per heavy atom. The highest BCUT2D eigenvalue weighted by atomic mass is 31.2. The molecule has 0 N–H and O–H groups in total. The van der Waals surface area contributed by atoms with Crippen LogP contribution in [0.4, 0.5) is 0 Å². The molecule has 1 amide bonds. The minimum absolute atomic E-state index is 0.215. The van der Waals surface area contributed by atoms with Crippen molar-refractivity contribution in [2.75, 3.05) is 13.2 Å². The Bertz CT molecular complexity index is 502. The van der Waals surface area contributed by atoms with Gasteiger partial charge in [0.05, 0.1) is 0 Å². The minimum atomic E-state index is -1.32. The van der Waals surface area contributed by atoms with Gasteiger partial charge in [-0.25, -0.2) is 11.2 Å². The number of amides is 1. The van der Waals surface area contributed by atoms with Crippen molar-refractivity contribution >= 4 is 14.4 Å². The molecule has 1 rings (SSSR count). The van der Waals surface area contributed by atoms with Gasteiger partial charge in [0.2, 0.25) is 12.5 Å². The summed E-state index contributed by atoms with van der Waals surface area (Å²) in [6.45, 7) is 20.6. The quantitative estimate of drug-likeness (QED) is 0.194. The first-order chi connectivity index (χ1) is 13.9. The molecule has 1 aliphatic heterocycles. The van der Waals surface area contributed by atoms with Gasteiger partial charge in [-0.1, -0.05) is 33.1 Å². The van der Waals surface area contributed by atoms with Crippen molar-refractivity contribution < 1.29 is 13.8 Å². The summed E-state index contributed by atoms with van der Waals surface area (Å²) in [6.07, 6.45) is 7.59. The molecule has 0 aromatic rings. The van der Waals surface area contributed by atoms with E-state index in [1.807, 2.05) is 4.90 Å². The third kappa shape index (κ3) is 8.50. The van der Waals surface area contributed by atoms with Gasteiger partial charge in [-0.3, -0.25) is 9.32 Å². The lowest BCUT2D eigenvalue weighted by Crippen LogP contribution is -2.43. The number of carbonyl (C=O) groups excluding carboxylic acids is 1. The van der Waals surface area contributed by atoms with Crippen LogP contribution in [-0.4, -0.2) is 53.0 Å². The van der Waals surface area contributed by atoms with Gasteiger partial charge in [0.25, 0.3) is 8.53 Å². The highest BCUT2D eigenvalue weighted by molar-refractivity contribution is 7.44. The molecule has 3 atom stereocenters. The molecule has 0 bridgehead atoms. The average Bonchev–Trinajstić information content (AvgIpc) is 3.07. The molecular weight excluding hydrogens is 385 g/mol. The van der Waals surface area contributed by atoms with Crippen LogP contribution in [-0.2, 0) is 13.8 Å². The van der Waals surface area contributed by atoms with Crippen molar-refractivity contribution in [1.82, 2.24) is 9.57 Å². The third-order valence-electron chi connectivity index (χ3n) is 5.32. The zero-order valence-electron chi connectivity index (χ0n) is 19.4. The summed E-state index contributed by atoms with van der Waals surface area (Å²) in [6, 6.07) is 0.775. The fourth-order valence-corrected chi connectivity index (χ4v) is 5.65. The molecule has 0 saturated carbocycles. The zero-order chi connectivity index (χ0) is 21.8. The standard InChI is InChI=1S/C22H42N3O3P/c1-8-10-11-12-13-21(26)24-20(9-2)14-15-22(24)28-29(27-17-16-23-7)25(18(3)4)19(5)6/h18-20,22H,8-17H2,1-6H3/t20-,22-,29?/m1/s1. The molecule has 1 unspecified atom stereocenters. The maximum absolute atomic E-state index is 13.0. The lowest BCUT2D eigenvalue weighted by molar-refractivity contribution is -0.139. The van der Waals surface area contributed by atoms with Crippen LogP contribution < -0.4 is 0 Å². The fraction of sp³-hybridized carbons (Fsp3) is 0.909. The average molecular weight is 428 g/mol. The SMILES string of the molecule is [C-]#[N+]CCOP(O[C@@H]1CC[C@@H](CC)N1C(=O)CCCCCC)N(C(C)C)C(C)C. The van der Waals surface area contributed by atoms with E-state index in [1.54, 1.807) is 0 Å². The van der Waals surface area contributed by atoms with Gasteiger partial charge < -0.3 is 14.3 Å². The first kappa shape index (κ1) is 26.3. The van der Waals surface area contributed by atoms with Crippen LogP contribution in [0.3, 0.4) is 0 Å². The molecule has 1 aliphatic rings. The van der Waals surface area contributed by atoms with Crippen molar-refractivity contribution in [1.29, 1.82) is 0 Å². The topological polar surface area (TPSA) is 46.4 Å². The molecule has 1 heterocycles. The molecule has 168 valence electrons. The summed E-state index contributed by atoms with van der Waals surface area (Å²) in [4.78, 5) is 18.4. The van der Waals surface area contributed by atoms with Crippen molar-refractivity contribution in [3.8, 4) is 0 Å². The molecule has 6 nitrogen and oxygen atoms in total. The summed E-state index contributed by atoms with van der Waals surface area (Å²) in [5, 5.41) is 0. The zero-order valence-corrected chi connectivity index (χ0v) is 20.3. The van der Waals surface area contributed by atoms with Gasteiger partial charge in [0.1, 0.15) is 12.8 Å². The second-order valence-corrected chi connectivity index (χ2v) is 9.74. The van der Waals surface area contributed by atoms with Crippen molar-refractivity contribution in [2.24, 2.45) is 0 Å². The van der Waals surface area contributed by atoms with Gasteiger partial charge in [-0.15, -0.1) is 0 Å². The predicted octanol–water partition coefficient (Wildman–Crippen LogP) is 5.98. The van der Waals surface area contributed by atoms with E-state index in [0.717, 1.165) is 32.1 Å². The summed E-state index contributed by atoms with van der Waals surface area (Å²) < 4.78 is 14.8. The van der Waals surface area contributed by atoms with E-state index >= 15 is 0 Å². The Kier molecular flexibility index (Phi) is 13.0. The first-order valence-corrected chi connectivity index (χ1v) is 12.5.